The number of hydrogen-bond donors (Lipinski definition) is 1. The third-order valence-electron chi connectivity index (χ3n) is 1.72. The van der Waals surface area contributed by atoms with E-state index in [0.717, 1.165) is 5.56 Å². The molecule has 0 fully saturated rings. The van der Waals surface area contributed by atoms with Gasteiger partial charge in [0.2, 0.25) is 0 Å². The van der Waals surface area contributed by atoms with Crippen molar-refractivity contribution in [3.8, 4) is 0 Å². The van der Waals surface area contributed by atoms with E-state index >= 15 is 0 Å². The molecule has 6 heteroatoms. The zero-order chi connectivity index (χ0) is 10.9. The van der Waals surface area contributed by atoms with Crippen molar-refractivity contribution in [2.24, 2.45) is 5.11 Å². The lowest BCUT2D eigenvalue weighted by Crippen LogP contribution is -1.99. The molecule has 0 aliphatic heterocycles. The molecule has 0 aliphatic carbocycles. The minimum absolute atomic E-state index is 0.0575. The second kappa shape index (κ2) is 6.78. The first kappa shape index (κ1) is 11.5. The Balaban J connectivity index is 2.28. The highest BCUT2D eigenvalue weighted by Gasteiger charge is 1.95. The maximum Gasteiger partial charge on any atom is 0.0852 e. The van der Waals surface area contributed by atoms with Crippen LogP contribution >= 0.6 is 0 Å². The highest BCUT2D eigenvalue weighted by molar-refractivity contribution is 5.12. The summed E-state index contributed by atoms with van der Waals surface area (Å²) in [5.74, 6) is 0. The van der Waals surface area contributed by atoms with Gasteiger partial charge in [-0.3, -0.25) is 4.98 Å². The lowest BCUT2D eigenvalue weighted by molar-refractivity contribution is 0.128. The molecule has 0 saturated carbocycles. The van der Waals surface area contributed by atoms with E-state index in [2.05, 4.69) is 15.0 Å². The van der Waals surface area contributed by atoms with E-state index in [-0.39, 0.29) is 6.61 Å². The van der Waals surface area contributed by atoms with Crippen LogP contribution in [0, 0.1) is 0 Å². The minimum atomic E-state index is -0.0575. The zero-order valence-electron chi connectivity index (χ0n) is 8.20. The van der Waals surface area contributed by atoms with Crippen molar-refractivity contribution in [3.05, 3.63) is 40.0 Å². The Labute approximate surface area is 87.2 Å². The minimum Gasteiger partial charge on any atom is -0.390 e. The van der Waals surface area contributed by atoms with Crippen LogP contribution in [0.1, 0.15) is 11.3 Å². The normalized spacial score (nSPS) is 9.67. The fourth-order valence-corrected chi connectivity index (χ4v) is 0.974. The summed E-state index contributed by atoms with van der Waals surface area (Å²) in [5.41, 5.74) is 9.57. The molecule has 1 heterocycles. The average molecular weight is 208 g/mol. The SMILES string of the molecule is [N-]=[N+]=NCCOCc1ccc(CO)nc1. The fraction of sp³-hybridized carbons (Fsp3) is 0.444. The summed E-state index contributed by atoms with van der Waals surface area (Å²) in [6.07, 6.45) is 1.65. The second-order valence-corrected chi connectivity index (χ2v) is 2.82. The predicted molar refractivity (Wildman–Crippen MR) is 53.8 cm³/mol. The van der Waals surface area contributed by atoms with Crippen LogP contribution in [0.3, 0.4) is 0 Å². The van der Waals surface area contributed by atoms with Gasteiger partial charge in [0.1, 0.15) is 0 Å². The van der Waals surface area contributed by atoms with E-state index in [9.17, 15) is 0 Å². The molecule has 1 aromatic heterocycles. The lowest BCUT2D eigenvalue weighted by Gasteiger charge is -2.02. The van der Waals surface area contributed by atoms with E-state index in [1.54, 1.807) is 12.3 Å². The molecule has 0 atom stereocenters. The molecule has 15 heavy (non-hydrogen) atoms. The highest BCUT2D eigenvalue weighted by Crippen LogP contribution is 2.01. The quantitative estimate of drug-likeness (QED) is 0.331. The summed E-state index contributed by atoms with van der Waals surface area (Å²) in [5, 5.41) is 12.1. The van der Waals surface area contributed by atoms with Gasteiger partial charge >= 0.3 is 0 Å². The monoisotopic (exact) mass is 208 g/mol. The van der Waals surface area contributed by atoms with Gasteiger partial charge in [-0.25, -0.2) is 0 Å². The Morgan fingerprint density at radius 2 is 2.40 bits per heavy atom. The third kappa shape index (κ3) is 4.42. The molecule has 0 unspecified atom stereocenters. The number of rotatable bonds is 6. The van der Waals surface area contributed by atoms with Crippen LogP contribution in [-0.2, 0) is 18.0 Å². The number of aromatic nitrogens is 1. The van der Waals surface area contributed by atoms with Crippen LogP contribution in [0.15, 0.2) is 23.4 Å². The van der Waals surface area contributed by atoms with Gasteiger partial charge in [-0.15, -0.1) is 0 Å². The van der Waals surface area contributed by atoms with Gasteiger partial charge in [-0.1, -0.05) is 11.2 Å². The van der Waals surface area contributed by atoms with Crippen LogP contribution in [0.2, 0.25) is 0 Å². The number of aliphatic hydroxyl groups excluding tert-OH is 1. The standard InChI is InChI=1S/C9H12N4O2/c10-13-12-3-4-15-7-8-1-2-9(6-14)11-5-8/h1-2,5,14H,3-4,6-7H2. The van der Waals surface area contributed by atoms with Crippen LogP contribution in [-0.4, -0.2) is 23.2 Å². The van der Waals surface area contributed by atoms with E-state index in [1.165, 1.54) is 0 Å². The molecule has 1 rings (SSSR count). The Morgan fingerprint density at radius 3 is 3.00 bits per heavy atom. The molecule has 1 aromatic rings. The van der Waals surface area contributed by atoms with Gasteiger partial charge in [0, 0.05) is 17.7 Å². The topological polar surface area (TPSA) is 91.1 Å². The van der Waals surface area contributed by atoms with E-state index in [0.29, 0.717) is 25.5 Å². The van der Waals surface area contributed by atoms with Gasteiger partial charge in [0.05, 0.1) is 25.5 Å². The molecule has 0 amide bonds. The largest absolute Gasteiger partial charge is 0.390 e. The smallest absolute Gasteiger partial charge is 0.0852 e. The van der Waals surface area contributed by atoms with Gasteiger partial charge in [-0.05, 0) is 17.2 Å². The molecular weight excluding hydrogens is 196 g/mol. The Kier molecular flexibility index (Phi) is 5.18. The maximum atomic E-state index is 8.76. The summed E-state index contributed by atoms with van der Waals surface area (Å²) in [7, 11) is 0. The lowest BCUT2D eigenvalue weighted by atomic mass is 10.2. The van der Waals surface area contributed by atoms with E-state index < -0.39 is 0 Å². The molecule has 1 N–H and O–H groups in total. The van der Waals surface area contributed by atoms with Crippen molar-refractivity contribution in [2.45, 2.75) is 13.2 Å². The number of nitrogens with zero attached hydrogens (tertiary/aromatic N) is 4. The van der Waals surface area contributed by atoms with Gasteiger partial charge in [0.25, 0.3) is 0 Å². The maximum absolute atomic E-state index is 8.76. The zero-order valence-corrected chi connectivity index (χ0v) is 8.20. The first-order valence-electron chi connectivity index (χ1n) is 4.50. The second-order valence-electron chi connectivity index (χ2n) is 2.82. The number of azide groups is 1. The molecular formula is C9H12N4O2. The number of ether oxygens (including phenoxy) is 1. The number of aliphatic hydroxyl groups is 1. The van der Waals surface area contributed by atoms with E-state index in [4.69, 9.17) is 15.4 Å². The summed E-state index contributed by atoms with van der Waals surface area (Å²) >= 11 is 0. The molecule has 0 saturated heterocycles. The summed E-state index contributed by atoms with van der Waals surface area (Å²) in [6, 6.07) is 3.58. The molecule has 0 spiro atoms. The summed E-state index contributed by atoms with van der Waals surface area (Å²) in [4.78, 5) is 6.61. The van der Waals surface area contributed by atoms with Crippen LogP contribution in [0.25, 0.3) is 10.4 Å². The van der Waals surface area contributed by atoms with Crippen LogP contribution in [0.4, 0.5) is 0 Å². The van der Waals surface area contributed by atoms with Crippen molar-refractivity contribution in [1.82, 2.24) is 4.98 Å². The molecule has 6 nitrogen and oxygen atoms in total. The van der Waals surface area contributed by atoms with Crippen molar-refractivity contribution < 1.29 is 9.84 Å². The first-order valence-corrected chi connectivity index (χ1v) is 4.50. The van der Waals surface area contributed by atoms with Crippen LogP contribution in [0.5, 0.6) is 0 Å². The molecule has 0 radical (unpaired) electrons. The molecule has 80 valence electrons. The first-order chi connectivity index (χ1) is 7.36. The summed E-state index contributed by atoms with van der Waals surface area (Å²) < 4.78 is 5.23. The number of hydrogen-bond acceptors (Lipinski definition) is 4. The molecule has 0 aromatic carbocycles. The predicted octanol–water partition coefficient (Wildman–Crippen LogP) is 1.40. The van der Waals surface area contributed by atoms with Crippen molar-refractivity contribution in [3.63, 3.8) is 0 Å². The van der Waals surface area contributed by atoms with Gasteiger partial charge < -0.3 is 9.84 Å². The van der Waals surface area contributed by atoms with E-state index in [1.807, 2.05) is 6.07 Å². The van der Waals surface area contributed by atoms with Gasteiger partial charge in [0.15, 0.2) is 0 Å². The fourth-order valence-electron chi connectivity index (χ4n) is 0.974. The van der Waals surface area contributed by atoms with Crippen molar-refractivity contribution in [2.75, 3.05) is 13.2 Å². The van der Waals surface area contributed by atoms with Gasteiger partial charge in [-0.2, -0.15) is 0 Å². The highest BCUT2D eigenvalue weighted by atomic mass is 16.5. The Morgan fingerprint density at radius 1 is 1.53 bits per heavy atom. The number of pyridine rings is 1. The molecule has 0 aliphatic rings. The molecule has 0 bridgehead atoms. The third-order valence-corrected chi connectivity index (χ3v) is 1.72. The van der Waals surface area contributed by atoms with Crippen LogP contribution < -0.4 is 0 Å². The van der Waals surface area contributed by atoms with Crippen molar-refractivity contribution in [1.29, 1.82) is 0 Å². The van der Waals surface area contributed by atoms with Crippen molar-refractivity contribution >= 4 is 0 Å². The Bertz CT molecular complexity index is 332. The Hall–Kier alpha value is -1.62. The summed E-state index contributed by atoms with van der Waals surface area (Å²) in [6.45, 7) is 1.10. The average Bonchev–Trinajstić information content (AvgIpc) is 2.30.